The lowest BCUT2D eigenvalue weighted by atomic mass is 9.82. The van der Waals surface area contributed by atoms with Crippen molar-refractivity contribution < 1.29 is 4.42 Å². The van der Waals surface area contributed by atoms with E-state index in [2.05, 4.69) is 209 Å². The predicted octanol–water partition coefficient (Wildman–Crippen LogP) is 17.3. The molecule has 0 amide bonds. The minimum absolute atomic E-state index is 0.0316. The first kappa shape index (κ1) is 43.6. The number of furan rings is 1. The van der Waals surface area contributed by atoms with Crippen LogP contribution in [0.15, 0.2) is 199 Å². The Bertz CT molecular complexity index is 3900. The van der Waals surface area contributed by atoms with Crippen LogP contribution in [0.2, 0.25) is 0 Å². The number of fused-ring (bicyclic) bond motifs is 8. The van der Waals surface area contributed by atoms with Crippen molar-refractivity contribution in [2.75, 3.05) is 0 Å². The molecule has 11 aromatic rings. The third-order valence-corrected chi connectivity index (χ3v) is 14.2. The maximum Gasteiger partial charge on any atom is 0.238 e. The Labute approximate surface area is 415 Å². The molecule has 0 saturated heterocycles. The fourth-order valence-corrected chi connectivity index (χ4v) is 10.7. The zero-order chi connectivity index (χ0) is 48.2. The quantitative estimate of drug-likeness (QED) is 0.160. The molecule has 5 heteroatoms. The number of aromatic nitrogens is 4. The largest absolute Gasteiger partial charge is 0.464 e. The Balaban J connectivity index is 0.00000168. The molecule has 3 heterocycles. The first-order valence-electron chi connectivity index (χ1n) is 24.6. The molecule has 0 fully saturated rings. The summed E-state index contributed by atoms with van der Waals surface area (Å²) < 4.78 is 8.27. The third kappa shape index (κ3) is 7.53. The monoisotopic (exact) mass is 916 g/mol. The fraction of sp³-hybridized carbons (Fsp3) is 0.106. The molecular formula is C66H52N4O. The van der Waals surface area contributed by atoms with Crippen molar-refractivity contribution in [3.05, 3.63) is 234 Å². The summed E-state index contributed by atoms with van der Waals surface area (Å²) in [4.78, 5) is 15.8. The van der Waals surface area contributed by atoms with Gasteiger partial charge in [-0.1, -0.05) is 205 Å². The SMILES string of the molecule is C=Cc1coc2cc(-c3nc(-c4ccccc4)nc(-n4c5c(c6cccc(-c7cccc(-c8cccc(-c9ccc%10c(c9)-c9ccccc9C%10(C)C)c8)c7)c64)Cc4ccccc4C=C5)n3)ccc12.CCC. The molecule has 3 aromatic heterocycles. The van der Waals surface area contributed by atoms with E-state index in [4.69, 9.17) is 19.4 Å². The van der Waals surface area contributed by atoms with Crippen LogP contribution >= 0.6 is 0 Å². The molecule has 0 saturated carbocycles. The number of para-hydroxylation sites is 1. The molecule has 13 rings (SSSR count). The summed E-state index contributed by atoms with van der Waals surface area (Å²) >= 11 is 0. The number of nitrogens with zero attached hydrogens (tertiary/aromatic N) is 4. The van der Waals surface area contributed by atoms with Crippen LogP contribution in [-0.4, -0.2) is 19.5 Å². The molecule has 5 nitrogen and oxygen atoms in total. The first-order valence-corrected chi connectivity index (χ1v) is 24.6. The normalized spacial score (nSPS) is 12.9. The van der Waals surface area contributed by atoms with Gasteiger partial charge in [0.1, 0.15) is 5.58 Å². The highest BCUT2D eigenvalue weighted by molar-refractivity contribution is 6.02. The van der Waals surface area contributed by atoms with Gasteiger partial charge in [0.25, 0.3) is 0 Å². The first-order chi connectivity index (χ1) is 34.8. The smallest absolute Gasteiger partial charge is 0.238 e. The highest BCUT2D eigenvalue weighted by Gasteiger charge is 2.35. The molecule has 0 unspecified atom stereocenters. The molecule has 8 aromatic carbocycles. The van der Waals surface area contributed by atoms with E-state index in [-0.39, 0.29) is 5.41 Å². The molecule has 2 aliphatic carbocycles. The van der Waals surface area contributed by atoms with Crippen LogP contribution in [-0.2, 0) is 11.8 Å². The zero-order valence-corrected chi connectivity index (χ0v) is 40.4. The molecular weight excluding hydrogens is 865 g/mol. The van der Waals surface area contributed by atoms with Gasteiger partial charge in [0.15, 0.2) is 11.6 Å². The summed E-state index contributed by atoms with van der Waals surface area (Å²) in [5, 5.41) is 2.15. The lowest BCUT2D eigenvalue weighted by Crippen LogP contribution is -2.14. The van der Waals surface area contributed by atoms with Crippen molar-refractivity contribution in [2.45, 2.75) is 46.0 Å². The second-order valence-corrected chi connectivity index (χ2v) is 19.2. The topological polar surface area (TPSA) is 56.7 Å². The van der Waals surface area contributed by atoms with Crippen molar-refractivity contribution in [3.63, 3.8) is 0 Å². The number of rotatable bonds is 7. The lowest BCUT2D eigenvalue weighted by Gasteiger charge is -2.21. The summed E-state index contributed by atoms with van der Waals surface area (Å²) in [6.45, 7) is 12.9. The van der Waals surface area contributed by atoms with Gasteiger partial charge in [0.2, 0.25) is 5.95 Å². The standard InChI is InChI=1S/C63H44N4O.C3H8/c1-4-39-38-68-58-37-48(27-30-49(39)58)61-64-60(41-16-6-5-7-17-41)65-62(66-61)67-57-32-29-40-15-8-9-18-45(40)36-54(57)52-25-14-24-50(59(52)67)47-22-13-21-44(34-47)42-19-12-20-43(33-42)46-28-31-56-53(35-46)51-23-10-11-26-55(51)63(56,2)3;1-3-2/h4-35,37-38H,1,36H2,2-3H3;3H2,1-2H3. The van der Waals surface area contributed by atoms with Gasteiger partial charge in [0.05, 0.1) is 17.5 Å². The second-order valence-electron chi connectivity index (χ2n) is 19.2. The molecule has 0 aliphatic heterocycles. The van der Waals surface area contributed by atoms with E-state index in [0.29, 0.717) is 17.6 Å². The van der Waals surface area contributed by atoms with Crippen molar-refractivity contribution in [1.82, 2.24) is 19.5 Å². The van der Waals surface area contributed by atoms with Crippen LogP contribution in [0.4, 0.5) is 0 Å². The minimum Gasteiger partial charge on any atom is -0.464 e. The van der Waals surface area contributed by atoms with E-state index in [1.165, 1.54) is 56.5 Å². The highest BCUT2D eigenvalue weighted by atomic mass is 16.3. The van der Waals surface area contributed by atoms with E-state index in [1.807, 2.05) is 30.3 Å². The van der Waals surface area contributed by atoms with Crippen LogP contribution in [0.25, 0.3) is 113 Å². The predicted molar refractivity (Wildman–Crippen MR) is 295 cm³/mol. The maximum absolute atomic E-state index is 6.01. The van der Waals surface area contributed by atoms with E-state index in [0.717, 1.165) is 72.9 Å². The van der Waals surface area contributed by atoms with Gasteiger partial charge in [-0.25, -0.2) is 4.98 Å². The third-order valence-electron chi connectivity index (χ3n) is 14.2. The maximum atomic E-state index is 6.01. The van der Waals surface area contributed by atoms with E-state index in [1.54, 1.807) is 6.26 Å². The molecule has 0 N–H and O–H groups in total. The fourth-order valence-electron chi connectivity index (χ4n) is 10.7. The van der Waals surface area contributed by atoms with Gasteiger partial charge in [-0.05, 0) is 103 Å². The Hall–Kier alpha value is -8.67. The molecule has 2 aliphatic rings. The Kier molecular flexibility index (Phi) is 10.9. The van der Waals surface area contributed by atoms with E-state index in [9.17, 15) is 0 Å². The average molecular weight is 917 g/mol. The summed E-state index contributed by atoms with van der Waals surface area (Å²) in [6.07, 6.45) is 10.0. The summed E-state index contributed by atoms with van der Waals surface area (Å²) in [6, 6.07) is 65.4. The molecule has 0 bridgehead atoms. The summed E-state index contributed by atoms with van der Waals surface area (Å²) in [7, 11) is 0. The Morgan fingerprint density at radius 3 is 1.96 bits per heavy atom. The van der Waals surface area contributed by atoms with Crippen LogP contribution in [0, 0.1) is 0 Å². The van der Waals surface area contributed by atoms with Crippen LogP contribution in [0.3, 0.4) is 0 Å². The van der Waals surface area contributed by atoms with Gasteiger partial charge in [0, 0.05) is 44.9 Å². The zero-order valence-electron chi connectivity index (χ0n) is 40.4. The molecule has 0 spiro atoms. The van der Waals surface area contributed by atoms with Gasteiger partial charge in [-0.3, -0.25) is 4.57 Å². The lowest BCUT2D eigenvalue weighted by molar-refractivity contribution is 0.615. The number of benzene rings is 8. The Morgan fingerprint density at radius 1 is 0.549 bits per heavy atom. The molecule has 0 atom stereocenters. The molecule has 0 radical (unpaired) electrons. The van der Waals surface area contributed by atoms with Gasteiger partial charge >= 0.3 is 0 Å². The van der Waals surface area contributed by atoms with Crippen molar-refractivity contribution in [1.29, 1.82) is 0 Å². The average Bonchev–Trinajstić information content (AvgIpc) is 4.00. The van der Waals surface area contributed by atoms with Crippen LogP contribution < -0.4 is 0 Å². The highest BCUT2D eigenvalue weighted by Crippen LogP contribution is 2.50. The second kappa shape index (κ2) is 17.7. The van der Waals surface area contributed by atoms with Crippen LogP contribution in [0.1, 0.15) is 73.2 Å². The Morgan fingerprint density at radius 2 is 1.17 bits per heavy atom. The van der Waals surface area contributed by atoms with Crippen molar-refractivity contribution in [3.8, 4) is 73.2 Å². The van der Waals surface area contributed by atoms with Crippen molar-refractivity contribution >= 4 is 40.1 Å². The number of hydrogen-bond donors (Lipinski definition) is 0. The van der Waals surface area contributed by atoms with Crippen molar-refractivity contribution in [2.24, 2.45) is 0 Å². The van der Waals surface area contributed by atoms with Gasteiger partial charge < -0.3 is 4.42 Å². The van der Waals surface area contributed by atoms with Gasteiger partial charge in [-0.15, -0.1) is 0 Å². The summed E-state index contributed by atoms with van der Waals surface area (Å²) in [5.41, 5.74) is 21.5. The minimum atomic E-state index is -0.0316. The van der Waals surface area contributed by atoms with Crippen LogP contribution in [0.5, 0.6) is 0 Å². The summed E-state index contributed by atoms with van der Waals surface area (Å²) in [5.74, 6) is 1.68. The molecule has 71 heavy (non-hydrogen) atoms. The van der Waals surface area contributed by atoms with Gasteiger partial charge in [-0.2, -0.15) is 9.97 Å². The molecule has 342 valence electrons. The number of hydrogen-bond acceptors (Lipinski definition) is 4. The van der Waals surface area contributed by atoms with E-state index >= 15 is 0 Å². The van der Waals surface area contributed by atoms with E-state index < -0.39 is 0 Å².